The van der Waals surface area contributed by atoms with Gasteiger partial charge in [0.2, 0.25) is 0 Å². The lowest BCUT2D eigenvalue weighted by Crippen LogP contribution is -2.40. The van der Waals surface area contributed by atoms with Gasteiger partial charge < -0.3 is 24.1 Å². The van der Waals surface area contributed by atoms with Gasteiger partial charge in [-0.05, 0) is 42.4 Å². The third kappa shape index (κ3) is 11.8. The number of esters is 2. The van der Waals surface area contributed by atoms with Gasteiger partial charge in [0, 0.05) is 43.0 Å². The second-order valence-electron chi connectivity index (χ2n) is 11.8. The second kappa shape index (κ2) is 18.8. The molecule has 0 aliphatic heterocycles. The van der Waals surface area contributed by atoms with Crippen molar-refractivity contribution in [3.8, 4) is 22.8 Å². The number of methoxy groups -OCH3 is 2. The summed E-state index contributed by atoms with van der Waals surface area (Å²) in [5.74, 6) is -0.519. The zero-order valence-corrected chi connectivity index (χ0v) is 29.6. The highest BCUT2D eigenvalue weighted by Crippen LogP contribution is 2.37. The van der Waals surface area contributed by atoms with Crippen LogP contribution in [0.4, 0.5) is 0 Å². The molecule has 0 atom stereocenters. The molecule has 0 unspecified atom stereocenters. The maximum Gasteiger partial charge on any atom is 0.307 e. The van der Waals surface area contributed by atoms with Crippen LogP contribution in [0.15, 0.2) is 61.2 Å². The summed E-state index contributed by atoms with van der Waals surface area (Å²) in [6.45, 7) is 12.5. The zero-order chi connectivity index (χ0) is 35.0. The number of aliphatic hydroxyl groups excluding tert-OH is 2. The van der Waals surface area contributed by atoms with Crippen LogP contribution in [0.25, 0.3) is 22.8 Å². The quantitative estimate of drug-likeness (QED) is 0.160. The number of ether oxygens (including phenoxy) is 2. The highest BCUT2D eigenvalue weighted by atomic mass is 28.4. The van der Waals surface area contributed by atoms with Gasteiger partial charge in [-0.3, -0.25) is 28.9 Å². The molecular formula is C33H48N6O7Si. The molecule has 0 aliphatic rings. The van der Waals surface area contributed by atoms with Crippen LogP contribution in [0.1, 0.15) is 44.7 Å². The molecule has 0 aromatic carbocycles. The van der Waals surface area contributed by atoms with Crippen LogP contribution >= 0.6 is 0 Å². The van der Waals surface area contributed by atoms with Crippen molar-refractivity contribution in [2.24, 2.45) is 0 Å². The van der Waals surface area contributed by atoms with Crippen LogP contribution in [0.3, 0.4) is 0 Å². The number of hydrogen-bond donors (Lipinski definition) is 2. The molecule has 2 N–H and O–H groups in total. The number of carbonyl (C=O) groups is 2. The molecule has 13 nitrogen and oxygen atoms in total. The number of carbonyl (C=O) groups excluding carboxylic acids is 2. The van der Waals surface area contributed by atoms with Crippen LogP contribution in [0.2, 0.25) is 18.1 Å². The van der Waals surface area contributed by atoms with Crippen molar-refractivity contribution in [2.75, 3.05) is 21.3 Å². The fraction of sp³-hybridized carbons (Fsp3) is 0.455. The normalized spacial score (nSPS) is 11.1. The molecule has 256 valence electrons. The predicted molar refractivity (Wildman–Crippen MR) is 180 cm³/mol. The Bertz CT molecular complexity index is 1550. The van der Waals surface area contributed by atoms with E-state index in [1.807, 2.05) is 24.4 Å². The zero-order valence-electron chi connectivity index (χ0n) is 28.6. The van der Waals surface area contributed by atoms with Crippen molar-refractivity contribution < 1.29 is 33.7 Å². The van der Waals surface area contributed by atoms with Crippen LogP contribution in [-0.2, 0) is 49.8 Å². The SMILES string of the molecule is CO.COC(=O)CCn1ccc(-c2ncccc2CO)n1.COC(=O)CCn1ccc(-c2ncccc2CO[Si](C)(C)C(C)(C)C)n1. The van der Waals surface area contributed by atoms with E-state index in [0.717, 1.165) is 29.6 Å². The van der Waals surface area contributed by atoms with Crippen molar-refractivity contribution in [1.82, 2.24) is 29.5 Å². The van der Waals surface area contributed by atoms with Crippen LogP contribution < -0.4 is 0 Å². The number of aliphatic hydroxyl groups is 2. The molecule has 4 aromatic heterocycles. The molecule has 4 rings (SSSR count). The standard InChI is InChI=1S/C19H29N3O3Si.C13H15N3O3.CH4O/c1-19(2,3)26(5,6)25-14-15-8-7-11-20-18(15)16-9-12-22(21-16)13-10-17(23)24-4;1-19-12(18)5-8-16-7-4-11(15-16)13-10(9-17)3-2-6-14-13;1-2/h7-9,11-12H,10,13-14H2,1-6H3;2-4,6-7,17H,5,8-9H2,1H3;2H,1H3. The van der Waals surface area contributed by atoms with E-state index in [4.69, 9.17) is 9.53 Å². The van der Waals surface area contributed by atoms with Gasteiger partial charge >= 0.3 is 11.9 Å². The summed E-state index contributed by atoms with van der Waals surface area (Å²) in [5, 5.41) is 25.3. The van der Waals surface area contributed by atoms with Gasteiger partial charge in [-0.1, -0.05) is 32.9 Å². The molecule has 0 bridgehead atoms. The third-order valence-corrected chi connectivity index (χ3v) is 12.1. The molecule has 4 heterocycles. The van der Waals surface area contributed by atoms with Gasteiger partial charge in [0.05, 0.1) is 64.8 Å². The smallest absolute Gasteiger partial charge is 0.307 e. The number of aryl methyl sites for hydroxylation is 2. The van der Waals surface area contributed by atoms with Crippen molar-refractivity contribution in [3.05, 3.63) is 72.3 Å². The summed E-state index contributed by atoms with van der Waals surface area (Å²) in [4.78, 5) is 31.1. The second-order valence-corrected chi connectivity index (χ2v) is 16.6. The van der Waals surface area contributed by atoms with Gasteiger partial charge in [-0.15, -0.1) is 0 Å². The van der Waals surface area contributed by atoms with E-state index < -0.39 is 8.32 Å². The summed E-state index contributed by atoms with van der Waals surface area (Å²) in [6, 6.07) is 11.2. The van der Waals surface area contributed by atoms with Crippen molar-refractivity contribution >= 4 is 20.3 Å². The molecule has 0 aliphatic carbocycles. The average Bonchev–Trinajstić information content (AvgIpc) is 3.76. The molecular weight excluding hydrogens is 620 g/mol. The average molecular weight is 669 g/mol. The van der Waals surface area contributed by atoms with E-state index in [2.05, 4.69) is 63.5 Å². The highest BCUT2D eigenvalue weighted by Gasteiger charge is 2.37. The predicted octanol–water partition coefficient (Wildman–Crippen LogP) is 4.64. The van der Waals surface area contributed by atoms with Gasteiger partial charge in [-0.2, -0.15) is 10.2 Å². The maximum absolute atomic E-state index is 11.3. The van der Waals surface area contributed by atoms with E-state index in [-0.39, 0.29) is 30.0 Å². The fourth-order valence-electron chi connectivity index (χ4n) is 3.90. The fourth-order valence-corrected chi connectivity index (χ4v) is 4.85. The topological polar surface area (TPSA) is 164 Å². The Morgan fingerprint density at radius 2 is 1.23 bits per heavy atom. The minimum absolute atomic E-state index is 0.0851. The summed E-state index contributed by atoms with van der Waals surface area (Å²) in [6.07, 6.45) is 7.61. The van der Waals surface area contributed by atoms with Crippen LogP contribution in [-0.4, -0.2) is 81.3 Å². The van der Waals surface area contributed by atoms with E-state index in [9.17, 15) is 14.7 Å². The first kappa shape index (κ1) is 38.9. The van der Waals surface area contributed by atoms with Crippen LogP contribution in [0, 0.1) is 0 Å². The molecule has 0 spiro atoms. The first-order valence-electron chi connectivity index (χ1n) is 15.2. The minimum atomic E-state index is -1.84. The van der Waals surface area contributed by atoms with E-state index in [1.54, 1.807) is 46.2 Å². The van der Waals surface area contributed by atoms with Crippen molar-refractivity contribution in [1.29, 1.82) is 0 Å². The van der Waals surface area contributed by atoms with Gasteiger partial charge in [-0.25, -0.2) is 0 Å². The molecule has 0 fully saturated rings. The summed E-state index contributed by atoms with van der Waals surface area (Å²) < 4.78 is 19.0. The first-order chi connectivity index (χ1) is 22.4. The maximum atomic E-state index is 11.3. The largest absolute Gasteiger partial charge is 0.469 e. The Balaban J connectivity index is 0.000000324. The van der Waals surface area contributed by atoms with Crippen molar-refractivity contribution in [2.45, 2.75) is 78.0 Å². The monoisotopic (exact) mass is 668 g/mol. The van der Waals surface area contributed by atoms with Crippen LogP contribution in [0.5, 0.6) is 0 Å². The lowest BCUT2D eigenvalue weighted by atomic mass is 10.1. The summed E-state index contributed by atoms with van der Waals surface area (Å²) >= 11 is 0. The first-order valence-corrected chi connectivity index (χ1v) is 18.1. The Kier molecular flexibility index (Phi) is 15.6. The molecule has 0 saturated heterocycles. The molecule has 4 aromatic rings. The lowest BCUT2D eigenvalue weighted by molar-refractivity contribution is -0.141. The number of hydrogen-bond acceptors (Lipinski definition) is 11. The van der Waals surface area contributed by atoms with Gasteiger partial charge in [0.1, 0.15) is 11.4 Å². The molecule has 0 amide bonds. The summed E-state index contributed by atoms with van der Waals surface area (Å²) in [7, 11) is 1.91. The third-order valence-electron chi connectivity index (χ3n) is 7.66. The van der Waals surface area contributed by atoms with Crippen molar-refractivity contribution in [3.63, 3.8) is 0 Å². The Hall–Kier alpha value is -4.24. The Morgan fingerprint density at radius 3 is 1.66 bits per heavy atom. The number of rotatable bonds is 12. The number of aromatic nitrogens is 6. The molecule has 0 radical (unpaired) electrons. The molecule has 47 heavy (non-hydrogen) atoms. The number of nitrogens with zero attached hydrogens (tertiary/aromatic N) is 6. The molecule has 0 saturated carbocycles. The Labute approximate surface area is 277 Å². The van der Waals surface area contributed by atoms with Gasteiger partial charge in [0.15, 0.2) is 8.32 Å². The Morgan fingerprint density at radius 1 is 0.787 bits per heavy atom. The number of pyridine rings is 2. The molecule has 14 heteroatoms. The van der Waals surface area contributed by atoms with E-state index >= 15 is 0 Å². The van der Waals surface area contributed by atoms with E-state index in [1.165, 1.54) is 14.2 Å². The van der Waals surface area contributed by atoms with Gasteiger partial charge in [0.25, 0.3) is 0 Å². The minimum Gasteiger partial charge on any atom is -0.469 e. The lowest BCUT2D eigenvalue weighted by Gasteiger charge is -2.36. The summed E-state index contributed by atoms with van der Waals surface area (Å²) in [5.41, 5.74) is 4.68. The highest BCUT2D eigenvalue weighted by molar-refractivity contribution is 6.74. The van der Waals surface area contributed by atoms with E-state index in [0.29, 0.717) is 37.5 Å².